The lowest BCUT2D eigenvalue weighted by molar-refractivity contribution is 0.0490. The van der Waals surface area contributed by atoms with Gasteiger partial charge in [0.1, 0.15) is 5.76 Å². The average molecular weight is 274 g/mol. The van der Waals surface area contributed by atoms with Crippen molar-refractivity contribution in [2.75, 3.05) is 13.7 Å². The Bertz CT molecular complexity index is 609. The molecule has 104 valence electrons. The van der Waals surface area contributed by atoms with E-state index in [4.69, 9.17) is 9.15 Å². The van der Waals surface area contributed by atoms with Crippen molar-refractivity contribution < 1.29 is 23.5 Å². The van der Waals surface area contributed by atoms with Crippen molar-refractivity contribution in [3.63, 3.8) is 0 Å². The summed E-state index contributed by atoms with van der Waals surface area (Å²) in [5.41, 5.74) is 1.21. The Morgan fingerprint density at radius 1 is 1.05 bits per heavy atom. The van der Waals surface area contributed by atoms with Crippen molar-refractivity contribution in [1.29, 1.82) is 0 Å². The molecule has 0 amide bonds. The zero-order valence-corrected chi connectivity index (χ0v) is 11.2. The zero-order chi connectivity index (χ0) is 14.5. The minimum absolute atomic E-state index is 0.152. The first-order valence-corrected chi connectivity index (χ1v) is 6.11. The summed E-state index contributed by atoms with van der Waals surface area (Å²) in [6.07, 6.45) is 0. The van der Waals surface area contributed by atoms with E-state index in [1.165, 1.54) is 7.11 Å². The fraction of sp³-hybridized carbons (Fsp3) is 0.200. The summed E-state index contributed by atoms with van der Waals surface area (Å²) in [7, 11) is 1.33. The van der Waals surface area contributed by atoms with Crippen LogP contribution in [0, 0.1) is 0 Å². The van der Waals surface area contributed by atoms with Gasteiger partial charge in [-0.1, -0.05) is 12.1 Å². The van der Waals surface area contributed by atoms with Crippen LogP contribution in [-0.2, 0) is 9.47 Å². The van der Waals surface area contributed by atoms with E-state index >= 15 is 0 Å². The van der Waals surface area contributed by atoms with Gasteiger partial charge >= 0.3 is 11.9 Å². The van der Waals surface area contributed by atoms with Gasteiger partial charge in [0.25, 0.3) is 0 Å². The molecule has 0 spiro atoms. The molecule has 1 heterocycles. The monoisotopic (exact) mass is 274 g/mol. The summed E-state index contributed by atoms with van der Waals surface area (Å²) in [6.45, 7) is 2.02. The molecule has 0 atom stereocenters. The molecule has 20 heavy (non-hydrogen) atoms. The molecule has 1 aromatic carbocycles. The van der Waals surface area contributed by atoms with Gasteiger partial charge < -0.3 is 13.9 Å². The van der Waals surface area contributed by atoms with Crippen LogP contribution in [-0.4, -0.2) is 25.7 Å². The van der Waals surface area contributed by atoms with Crippen molar-refractivity contribution in [3.8, 4) is 11.3 Å². The smallest absolute Gasteiger partial charge is 0.374 e. The van der Waals surface area contributed by atoms with Crippen LogP contribution in [0.25, 0.3) is 11.3 Å². The summed E-state index contributed by atoms with van der Waals surface area (Å²) in [5, 5.41) is 0. The highest BCUT2D eigenvalue weighted by Crippen LogP contribution is 2.23. The molecule has 0 aliphatic carbocycles. The van der Waals surface area contributed by atoms with Gasteiger partial charge in [0, 0.05) is 5.56 Å². The number of rotatable bonds is 4. The Kier molecular flexibility index (Phi) is 4.20. The molecule has 0 bridgehead atoms. The molecule has 5 nitrogen and oxygen atoms in total. The summed E-state index contributed by atoms with van der Waals surface area (Å²) < 4.78 is 14.9. The molecular formula is C15H14O5. The van der Waals surface area contributed by atoms with Gasteiger partial charge in [0.2, 0.25) is 5.76 Å². The summed E-state index contributed by atoms with van der Waals surface area (Å²) in [4.78, 5) is 22.8. The van der Waals surface area contributed by atoms with Crippen molar-refractivity contribution in [1.82, 2.24) is 0 Å². The van der Waals surface area contributed by atoms with E-state index in [-0.39, 0.29) is 5.76 Å². The predicted molar refractivity (Wildman–Crippen MR) is 71.4 cm³/mol. The van der Waals surface area contributed by atoms with Crippen LogP contribution in [0.5, 0.6) is 0 Å². The van der Waals surface area contributed by atoms with Crippen molar-refractivity contribution >= 4 is 11.9 Å². The maximum absolute atomic E-state index is 11.5. The first kappa shape index (κ1) is 13.9. The fourth-order valence-corrected chi connectivity index (χ4v) is 1.69. The molecule has 2 rings (SSSR count). The van der Waals surface area contributed by atoms with Gasteiger partial charge in [-0.15, -0.1) is 0 Å². The molecule has 5 heteroatoms. The van der Waals surface area contributed by atoms with Crippen molar-refractivity contribution in [2.24, 2.45) is 0 Å². The fourth-order valence-electron chi connectivity index (χ4n) is 1.69. The maximum Gasteiger partial charge on any atom is 0.374 e. The van der Waals surface area contributed by atoms with Crippen LogP contribution in [0.3, 0.4) is 0 Å². The third-order valence-electron chi connectivity index (χ3n) is 2.67. The van der Waals surface area contributed by atoms with Crippen molar-refractivity contribution in [2.45, 2.75) is 6.92 Å². The first-order chi connectivity index (χ1) is 9.65. The van der Waals surface area contributed by atoms with E-state index in [2.05, 4.69) is 4.74 Å². The Hall–Kier alpha value is -2.56. The van der Waals surface area contributed by atoms with E-state index in [9.17, 15) is 9.59 Å². The molecule has 0 unspecified atom stereocenters. The van der Waals surface area contributed by atoms with Gasteiger partial charge in [0.05, 0.1) is 19.3 Å². The molecule has 0 saturated heterocycles. The standard InChI is InChI=1S/C15H14O5/c1-3-19-15(17)13-9-8-12(20-13)10-4-6-11(7-5-10)14(16)18-2/h4-9H,3H2,1-2H3. The lowest BCUT2D eigenvalue weighted by atomic mass is 10.1. The number of furan rings is 1. The number of carbonyl (C=O) groups excluding carboxylic acids is 2. The number of hydrogen-bond donors (Lipinski definition) is 0. The predicted octanol–water partition coefficient (Wildman–Crippen LogP) is 2.91. The quantitative estimate of drug-likeness (QED) is 0.802. The molecule has 2 aromatic rings. The molecule has 0 saturated carbocycles. The number of esters is 2. The highest BCUT2D eigenvalue weighted by atomic mass is 16.5. The second-order valence-electron chi connectivity index (χ2n) is 3.95. The molecule has 0 radical (unpaired) electrons. The first-order valence-electron chi connectivity index (χ1n) is 6.11. The highest BCUT2D eigenvalue weighted by molar-refractivity contribution is 5.90. The molecular weight excluding hydrogens is 260 g/mol. The van der Waals surface area contributed by atoms with Crippen LogP contribution in [0.4, 0.5) is 0 Å². The summed E-state index contributed by atoms with van der Waals surface area (Å²) in [6, 6.07) is 9.95. The third kappa shape index (κ3) is 2.88. The second kappa shape index (κ2) is 6.06. The third-order valence-corrected chi connectivity index (χ3v) is 2.67. The minimum Gasteiger partial charge on any atom is -0.465 e. The van der Waals surface area contributed by atoms with Gasteiger partial charge in [-0.05, 0) is 31.2 Å². The molecule has 0 fully saturated rings. The Balaban J connectivity index is 2.20. The van der Waals surface area contributed by atoms with Crippen molar-refractivity contribution in [3.05, 3.63) is 47.7 Å². The average Bonchev–Trinajstić information content (AvgIpc) is 2.97. The Labute approximate surface area is 116 Å². The molecule has 0 aliphatic rings. The number of carbonyl (C=O) groups is 2. The van der Waals surface area contributed by atoms with E-state index in [0.717, 1.165) is 5.56 Å². The lowest BCUT2D eigenvalue weighted by Gasteiger charge is -2.01. The molecule has 0 aliphatic heterocycles. The SMILES string of the molecule is CCOC(=O)c1ccc(-c2ccc(C(=O)OC)cc2)o1. The van der Waals surface area contributed by atoms with Gasteiger partial charge in [-0.25, -0.2) is 9.59 Å². The summed E-state index contributed by atoms with van der Waals surface area (Å²) >= 11 is 0. The Morgan fingerprint density at radius 2 is 1.75 bits per heavy atom. The lowest BCUT2D eigenvalue weighted by Crippen LogP contribution is -2.02. The number of methoxy groups -OCH3 is 1. The normalized spacial score (nSPS) is 10.1. The molecule has 1 aromatic heterocycles. The van der Waals surface area contributed by atoms with Gasteiger partial charge in [-0.2, -0.15) is 0 Å². The largest absolute Gasteiger partial charge is 0.465 e. The van der Waals surface area contributed by atoms with Crippen LogP contribution >= 0.6 is 0 Å². The zero-order valence-electron chi connectivity index (χ0n) is 11.2. The number of ether oxygens (including phenoxy) is 2. The number of hydrogen-bond acceptors (Lipinski definition) is 5. The van der Waals surface area contributed by atoms with Crippen LogP contribution in [0.1, 0.15) is 27.8 Å². The van der Waals surface area contributed by atoms with E-state index in [1.807, 2.05) is 0 Å². The number of benzene rings is 1. The molecule has 0 N–H and O–H groups in total. The van der Waals surface area contributed by atoms with E-state index in [1.54, 1.807) is 43.3 Å². The van der Waals surface area contributed by atoms with Crippen LogP contribution < -0.4 is 0 Å². The summed E-state index contributed by atoms with van der Waals surface area (Å²) in [5.74, 6) is -0.212. The van der Waals surface area contributed by atoms with Crippen LogP contribution in [0.2, 0.25) is 0 Å². The highest BCUT2D eigenvalue weighted by Gasteiger charge is 2.13. The van der Waals surface area contributed by atoms with Crippen LogP contribution in [0.15, 0.2) is 40.8 Å². The second-order valence-corrected chi connectivity index (χ2v) is 3.95. The van der Waals surface area contributed by atoms with E-state index < -0.39 is 11.9 Å². The van der Waals surface area contributed by atoms with Gasteiger partial charge in [0.15, 0.2) is 0 Å². The van der Waals surface area contributed by atoms with Gasteiger partial charge in [-0.3, -0.25) is 0 Å². The Morgan fingerprint density at radius 3 is 2.35 bits per heavy atom. The van der Waals surface area contributed by atoms with E-state index in [0.29, 0.717) is 17.9 Å². The topological polar surface area (TPSA) is 65.7 Å². The maximum atomic E-state index is 11.5. The minimum atomic E-state index is -0.495.